The number of hydrogen-bond donors (Lipinski definition) is 1. The minimum atomic E-state index is -1.03. The van der Waals surface area contributed by atoms with Gasteiger partial charge in [0.15, 0.2) is 6.61 Å². The highest BCUT2D eigenvalue weighted by molar-refractivity contribution is 5.96. The second-order valence-corrected chi connectivity index (χ2v) is 4.58. The summed E-state index contributed by atoms with van der Waals surface area (Å²) in [4.78, 5) is 24.1. The van der Waals surface area contributed by atoms with Gasteiger partial charge in [-0.05, 0) is 37.1 Å². The molecule has 0 bridgehead atoms. The van der Waals surface area contributed by atoms with Crippen LogP contribution in [0.1, 0.15) is 12.8 Å². The number of ether oxygens (including phenoxy) is 2. The molecule has 20 heavy (non-hydrogen) atoms. The molecule has 0 unspecified atom stereocenters. The predicted molar refractivity (Wildman–Crippen MR) is 72.0 cm³/mol. The van der Waals surface area contributed by atoms with Crippen LogP contribution in [0.15, 0.2) is 24.3 Å². The molecule has 0 saturated carbocycles. The van der Waals surface area contributed by atoms with E-state index in [1.807, 2.05) is 0 Å². The Balaban J connectivity index is 1.97. The molecule has 6 heteroatoms. The summed E-state index contributed by atoms with van der Waals surface area (Å²) >= 11 is 0. The fourth-order valence-electron chi connectivity index (χ4n) is 2.03. The number of carbonyl (C=O) groups excluding carboxylic acids is 1. The van der Waals surface area contributed by atoms with Gasteiger partial charge >= 0.3 is 5.97 Å². The van der Waals surface area contributed by atoms with Crippen molar-refractivity contribution in [1.82, 2.24) is 0 Å². The van der Waals surface area contributed by atoms with Crippen LogP contribution < -0.4 is 9.64 Å². The maximum Gasteiger partial charge on any atom is 0.341 e. The first-order valence-corrected chi connectivity index (χ1v) is 6.42. The fourth-order valence-corrected chi connectivity index (χ4v) is 2.03. The van der Waals surface area contributed by atoms with Crippen molar-refractivity contribution in [3.63, 3.8) is 0 Å². The first kappa shape index (κ1) is 14.3. The molecule has 1 atom stereocenters. The molecule has 0 aliphatic carbocycles. The minimum absolute atomic E-state index is 0.0679. The smallest absolute Gasteiger partial charge is 0.341 e. The van der Waals surface area contributed by atoms with E-state index >= 15 is 0 Å². The Labute approximate surface area is 116 Å². The van der Waals surface area contributed by atoms with Crippen molar-refractivity contribution in [2.45, 2.75) is 18.9 Å². The molecule has 0 spiro atoms. The normalized spacial score (nSPS) is 17.8. The number of nitrogens with zero attached hydrogens (tertiary/aromatic N) is 1. The number of anilines is 1. The highest BCUT2D eigenvalue weighted by Crippen LogP contribution is 2.21. The third-order valence-corrected chi connectivity index (χ3v) is 3.12. The zero-order valence-electron chi connectivity index (χ0n) is 11.2. The van der Waals surface area contributed by atoms with Crippen molar-refractivity contribution in [2.75, 3.05) is 25.2 Å². The highest BCUT2D eigenvalue weighted by Gasteiger charge is 2.27. The van der Waals surface area contributed by atoms with Gasteiger partial charge in [-0.3, -0.25) is 4.79 Å². The molecule has 1 aromatic rings. The minimum Gasteiger partial charge on any atom is -0.482 e. The van der Waals surface area contributed by atoms with Crippen molar-refractivity contribution in [2.24, 2.45) is 0 Å². The molecule has 1 heterocycles. The lowest BCUT2D eigenvalue weighted by Crippen LogP contribution is -2.35. The predicted octanol–water partition coefficient (Wildman–Crippen LogP) is 1.29. The Morgan fingerprint density at radius 2 is 2.10 bits per heavy atom. The molecule has 1 N–H and O–H groups in total. The van der Waals surface area contributed by atoms with E-state index in [2.05, 4.69) is 0 Å². The van der Waals surface area contributed by atoms with Crippen LogP contribution in [0.4, 0.5) is 5.69 Å². The van der Waals surface area contributed by atoms with Crippen molar-refractivity contribution in [3.8, 4) is 5.75 Å². The summed E-state index contributed by atoms with van der Waals surface area (Å²) in [5, 5.41) is 8.52. The van der Waals surface area contributed by atoms with Crippen LogP contribution in [0.25, 0.3) is 0 Å². The van der Waals surface area contributed by atoms with E-state index in [1.165, 1.54) is 4.90 Å². The number of carboxylic acid groups (broad SMARTS) is 1. The van der Waals surface area contributed by atoms with Gasteiger partial charge in [-0.25, -0.2) is 4.79 Å². The van der Waals surface area contributed by atoms with Crippen molar-refractivity contribution in [1.29, 1.82) is 0 Å². The van der Waals surface area contributed by atoms with Crippen LogP contribution >= 0.6 is 0 Å². The quantitative estimate of drug-likeness (QED) is 0.879. The van der Waals surface area contributed by atoms with E-state index in [9.17, 15) is 9.59 Å². The van der Waals surface area contributed by atoms with Gasteiger partial charge in [-0.15, -0.1) is 0 Å². The van der Waals surface area contributed by atoms with E-state index in [4.69, 9.17) is 14.6 Å². The molecule has 1 aromatic carbocycles. The van der Waals surface area contributed by atoms with Gasteiger partial charge in [0, 0.05) is 19.3 Å². The molecule has 1 aliphatic heterocycles. The van der Waals surface area contributed by atoms with E-state index in [0.717, 1.165) is 12.8 Å². The molecule has 1 saturated heterocycles. The van der Waals surface area contributed by atoms with E-state index < -0.39 is 5.97 Å². The fraction of sp³-hybridized carbons (Fsp3) is 0.429. The standard InChI is InChI=1S/C14H17NO5/c1-15(14(18)12-3-2-8-19-12)10-4-6-11(7-5-10)20-9-13(16)17/h4-7,12H,2-3,8-9H2,1H3,(H,16,17)/t12-/m0/s1. The molecule has 108 valence electrons. The zero-order valence-corrected chi connectivity index (χ0v) is 11.2. The Bertz CT molecular complexity index is 479. The van der Waals surface area contributed by atoms with Crippen LogP contribution in [-0.4, -0.2) is 43.3 Å². The Morgan fingerprint density at radius 3 is 2.65 bits per heavy atom. The van der Waals surface area contributed by atoms with Crippen LogP contribution in [-0.2, 0) is 14.3 Å². The first-order valence-electron chi connectivity index (χ1n) is 6.42. The van der Waals surface area contributed by atoms with Crippen molar-refractivity contribution < 1.29 is 24.2 Å². The highest BCUT2D eigenvalue weighted by atomic mass is 16.5. The molecular weight excluding hydrogens is 262 g/mol. The van der Waals surface area contributed by atoms with Gasteiger partial charge < -0.3 is 19.5 Å². The molecule has 6 nitrogen and oxygen atoms in total. The summed E-state index contributed by atoms with van der Waals surface area (Å²) in [6, 6.07) is 6.70. The molecule has 0 aromatic heterocycles. The van der Waals surface area contributed by atoms with Gasteiger partial charge in [0.2, 0.25) is 0 Å². The molecule has 1 aliphatic rings. The number of amides is 1. The number of benzene rings is 1. The summed E-state index contributed by atoms with van der Waals surface area (Å²) < 4.78 is 10.4. The average Bonchev–Trinajstić information content (AvgIpc) is 2.98. The maximum atomic E-state index is 12.1. The van der Waals surface area contributed by atoms with Gasteiger partial charge in [-0.1, -0.05) is 0 Å². The monoisotopic (exact) mass is 279 g/mol. The van der Waals surface area contributed by atoms with E-state index in [1.54, 1.807) is 31.3 Å². The van der Waals surface area contributed by atoms with E-state index in [0.29, 0.717) is 18.0 Å². The summed E-state index contributed by atoms with van der Waals surface area (Å²) in [5.41, 5.74) is 0.716. The van der Waals surface area contributed by atoms with Gasteiger partial charge in [0.1, 0.15) is 11.9 Å². The van der Waals surface area contributed by atoms with Crippen LogP contribution in [0.2, 0.25) is 0 Å². The van der Waals surface area contributed by atoms with Gasteiger partial charge in [0.25, 0.3) is 5.91 Å². The van der Waals surface area contributed by atoms with Crippen LogP contribution in [0.5, 0.6) is 5.75 Å². The average molecular weight is 279 g/mol. The summed E-state index contributed by atoms with van der Waals surface area (Å²) in [6.45, 7) is 0.246. The first-order chi connectivity index (χ1) is 9.58. The third kappa shape index (κ3) is 3.48. The van der Waals surface area contributed by atoms with Crippen molar-refractivity contribution >= 4 is 17.6 Å². The lowest BCUT2D eigenvalue weighted by atomic mass is 10.2. The summed E-state index contributed by atoms with van der Waals surface area (Å²) in [5.74, 6) is -0.643. The van der Waals surface area contributed by atoms with Crippen molar-refractivity contribution in [3.05, 3.63) is 24.3 Å². The lowest BCUT2D eigenvalue weighted by Gasteiger charge is -2.20. The molecule has 0 radical (unpaired) electrons. The molecule has 1 fully saturated rings. The topological polar surface area (TPSA) is 76.1 Å². The maximum absolute atomic E-state index is 12.1. The van der Waals surface area contributed by atoms with Crippen LogP contribution in [0, 0.1) is 0 Å². The molecule has 1 amide bonds. The second kappa shape index (κ2) is 6.38. The summed E-state index contributed by atoms with van der Waals surface area (Å²) in [7, 11) is 1.69. The second-order valence-electron chi connectivity index (χ2n) is 4.58. The third-order valence-electron chi connectivity index (χ3n) is 3.12. The number of carboxylic acids is 1. The number of rotatable bonds is 5. The van der Waals surface area contributed by atoms with Gasteiger partial charge in [0.05, 0.1) is 0 Å². The summed E-state index contributed by atoms with van der Waals surface area (Å²) in [6.07, 6.45) is 1.30. The Morgan fingerprint density at radius 1 is 1.40 bits per heavy atom. The lowest BCUT2D eigenvalue weighted by molar-refractivity contribution is -0.139. The number of aliphatic carboxylic acids is 1. The van der Waals surface area contributed by atoms with E-state index in [-0.39, 0.29) is 18.6 Å². The molecule has 2 rings (SSSR count). The van der Waals surface area contributed by atoms with Gasteiger partial charge in [-0.2, -0.15) is 0 Å². The largest absolute Gasteiger partial charge is 0.482 e. The Kier molecular flexibility index (Phi) is 4.57. The molecular formula is C14H17NO5. The number of carbonyl (C=O) groups is 2. The number of hydrogen-bond acceptors (Lipinski definition) is 4. The van der Waals surface area contributed by atoms with Crippen LogP contribution in [0.3, 0.4) is 0 Å². The zero-order chi connectivity index (χ0) is 14.5. The number of likely N-dealkylation sites (N-methyl/N-ethyl adjacent to an activating group) is 1. The SMILES string of the molecule is CN(C(=O)[C@@H]1CCCO1)c1ccc(OCC(=O)O)cc1. The Hall–Kier alpha value is -2.08.